The Morgan fingerprint density at radius 3 is 2.80 bits per heavy atom. The summed E-state index contributed by atoms with van der Waals surface area (Å²) < 4.78 is 11.1. The third-order valence-electron chi connectivity index (χ3n) is 3.22. The van der Waals surface area contributed by atoms with Crippen molar-refractivity contribution in [2.75, 3.05) is 6.61 Å². The first-order valence-electron chi connectivity index (χ1n) is 6.59. The van der Waals surface area contributed by atoms with Gasteiger partial charge in [0.25, 0.3) is 0 Å². The molecule has 0 heterocycles. The third kappa shape index (κ3) is 2.80. The number of hydrogen-bond acceptors (Lipinski definition) is 5. The van der Waals surface area contributed by atoms with E-state index in [0.29, 0.717) is 12.2 Å². The predicted molar refractivity (Wildman–Crippen MR) is 71.9 cm³/mol. The van der Waals surface area contributed by atoms with Gasteiger partial charge in [0.05, 0.1) is 4.92 Å². The van der Waals surface area contributed by atoms with Crippen LogP contribution in [0.25, 0.3) is 0 Å². The molecule has 6 nitrogen and oxygen atoms in total. The number of nitrogens with zero attached hydrogens (tertiary/aromatic N) is 1. The van der Waals surface area contributed by atoms with E-state index in [2.05, 4.69) is 0 Å². The van der Waals surface area contributed by atoms with Gasteiger partial charge in [0.1, 0.15) is 6.10 Å². The van der Waals surface area contributed by atoms with Crippen LogP contribution >= 0.6 is 0 Å². The molecule has 108 valence electrons. The predicted octanol–water partition coefficient (Wildman–Crippen LogP) is 2.42. The molecule has 0 radical (unpaired) electrons. The first-order valence-corrected chi connectivity index (χ1v) is 6.59. The van der Waals surface area contributed by atoms with Crippen molar-refractivity contribution < 1.29 is 19.2 Å². The second kappa shape index (κ2) is 6.00. The number of para-hydroxylation sites is 1. The van der Waals surface area contributed by atoms with Gasteiger partial charge >= 0.3 is 5.69 Å². The minimum Gasteiger partial charge on any atom is -0.480 e. The summed E-state index contributed by atoms with van der Waals surface area (Å²) in [5, 5.41) is 11.0. The molecule has 0 aromatic heterocycles. The van der Waals surface area contributed by atoms with Gasteiger partial charge in [-0.15, -0.1) is 0 Å². The van der Waals surface area contributed by atoms with Gasteiger partial charge < -0.3 is 9.47 Å². The number of benzene rings is 1. The number of hydrogen-bond donors (Lipinski definition) is 0. The van der Waals surface area contributed by atoms with Crippen LogP contribution in [0.1, 0.15) is 25.3 Å². The normalized spacial score (nSPS) is 21.4. The summed E-state index contributed by atoms with van der Waals surface area (Å²) in [7, 11) is 0. The van der Waals surface area contributed by atoms with Crippen molar-refractivity contribution >= 4 is 11.5 Å². The maximum absolute atomic E-state index is 11.5. The Kier molecular flexibility index (Phi) is 4.34. The summed E-state index contributed by atoms with van der Waals surface area (Å²) in [5.74, 6) is 0.208. The molecule has 1 aromatic rings. The highest BCUT2D eigenvalue weighted by molar-refractivity contribution is 5.90. The van der Waals surface area contributed by atoms with Gasteiger partial charge in [-0.2, -0.15) is 0 Å². The Morgan fingerprint density at radius 2 is 2.20 bits per heavy atom. The molecule has 1 aromatic carbocycles. The van der Waals surface area contributed by atoms with Gasteiger partial charge in [0.2, 0.25) is 0 Å². The lowest BCUT2D eigenvalue weighted by Crippen LogP contribution is -2.52. The number of nitro benzene ring substituents is 1. The van der Waals surface area contributed by atoms with E-state index in [1.807, 2.05) is 6.92 Å². The molecule has 0 spiro atoms. The average molecular weight is 279 g/mol. The molecule has 1 aliphatic rings. The number of rotatable bonds is 6. The van der Waals surface area contributed by atoms with Crippen molar-refractivity contribution in [1.82, 2.24) is 0 Å². The molecule has 0 amide bonds. The number of ether oxygens (including phenoxy) is 2. The SMILES string of the molecule is CCCOC1C(=O)CC1Oc1c(C)cccc1[N+](=O)[O-]. The molecule has 6 heteroatoms. The summed E-state index contributed by atoms with van der Waals surface area (Å²) in [6.07, 6.45) is 0.00366. The van der Waals surface area contributed by atoms with Crippen LogP contribution in [0.3, 0.4) is 0 Å². The monoisotopic (exact) mass is 279 g/mol. The molecule has 1 aliphatic carbocycles. The lowest BCUT2D eigenvalue weighted by molar-refractivity contribution is -0.386. The zero-order valence-electron chi connectivity index (χ0n) is 11.5. The van der Waals surface area contributed by atoms with Gasteiger partial charge in [-0.1, -0.05) is 19.1 Å². The Morgan fingerprint density at radius 1 is 1.45 bits per heavy atom. The smallest absolute Gasteiger partial charge is 0.311 e. The largest absolute Gasteiger partial charge is 0.480 e. The van der Waals surface area contributed by atoms with Gasteiger partial charge in [0.15, 0.2) is 17.6 Å². The first kappa shape index (κ1) is 14.5. The topological polar surface area (TPSA) is 78.7 Å². The molecule has 1 fully saturated rings. The van der Waals surface area contributed by atoms with E-state index in [1.54, 1.807) is 19.1 Å². The van der Waals surface area contributed by atoms with Crippen molar-refractivity contribution in [3.63, 3.8) is 0 Å². The van der Waals surface area contributed by atoms with Gasteiger partial charge in [-0.25, -0.2) is 0 Å². The van der Waals surface area contributed by atoms with Gasteiger partial charge in [-0.3, -0.25) is 14.9 Å². The van der Waals surface area contributed by atoms with E-state index in [-0.39, 0.29) is 23.6 Å². The molecular formula is C14H17NO5. The summed E-state index contributed by atoms with van der Waals surface area (Å²) in [5.41, 5.74) is 0.589. The van der Waals surface area contributed by atoms with Gasteiger partial charge in [-0.05, 0) is 18.9 Å². The fourth-order valence-corrected chi connectivity index (χ4v) is 2.10. The molecule has 2 rings (SSSR count). The highest BCUT2D eigenvalue weighted by atomic mass is 16.6. The van der Waals surface area contributed by atoms with Crippen molar-refractivity contribution in [3.8, 4) is 5.75 Å². The molecule has 2 atom stereocenters. The summed E-state index contributed by atoms with van der Waals surface area (Å²) >= 11 is 0. The molecular weight excluding hydrogens is 262 g/mol. The van der Waals surface area contributed by atoms with E-state index in [4.69, 9.17) is 9.47 Å². The number of carbonyl (C=O) groups excluding carboxylic acids is 1. The highest BCUT2D eigenvalue weighted by Gasteiger charge is 2.43. The average Bonchev–Trinajstić information content (AvgIpc) is 2.40. The Labute approximate surface area is 116 Å². The molecule has 0 saturated heterocycles. The van der Waals surface area contributed by atoms with Crippen LogP contribution in [-0.2, 0) is 9.53 Å². The highest BCUT2D eigenvalue weighted by Crippen LogP contribution is 2.34. The molecule has 0 N–H and O–H groups in total. The zero-order valence-corrected chi connectivity index (χ0v) is 11.5. The van der Waals surface area contributed by atoms with E-state index in [0.717, 1.165) is 6.42 Å². The molecule has 0 aliphatic heterocycles. The van der Waals surface area contributed by atoms with Crippen LogP contribution in [0, 0.1) is 17.0 Å². The van der Waals surface area contributed by atoms with Crippen molar-refractivity contribution in [2.45, 2.75) is 38.9 Å². The quantitative estimate of drug-likeness (QED) is 0.590. The van der Waals surface area contributed by atoms with E-state index >= 15 is 0 Å². The third-order valence-corrected chi connectivity index (χ3v) is 3.22. The van der Waals surface area contributed by atoms with Crippen LogP contribution in [-0.4, -0.2) is 29.5 Å². The standard InChI is InChI=1S/C14H17NO5/c1-3-7-19-14-11(16)8-12(14)20-13-9(2)5-4-6-10(13)15(17)18/h4-6,12,14H,3,7-8H2,1-2H3. The number of aryl methyl sites for hydroxylation is 1. The Hall–Kier alpha value is -1.95. The lowest BCUT2D eigenvalue weighted by atomic mass is 9.89. The maximum Gasteiger partial charge on any atom is 0.311 e. The fourth-order valence-electron chi connectivity index (χ4n) is 2.10. The first-order chi connectivity index (χ1) is 9.54. The van der Waals surface area contributed by atoms with E-state index in [1.165, 1.54) is 6.07 Å². The molecule has 1 saturated carbocycles. The van der Waals surface area contributed by atoms with Crippen molar-refractivity contribution in [3.05, 3.63) is 33.9 Å². The van der Waals surface area contributed by atoms with Crippen molar-refractivity contribution in [1.29, 1.82) is 0 Å². The van der Waals surface area contributed by atoms with Crippen molar-refractivity contribution in [2.24, 2.45) is 0 Å². The van der Waals surface area contributed by atoms with Crippen LogP contribution in [0.15, 0.2) is 18.2 Å². The van der Waals surface area contributed by atoms with Crippen LogP contribution in [0.2, 0.25) is 0 Å². The molecule has 2 unspecified atom stereocenters. The Balaban J connectivity index is 2.14. The van der Waals surface area contributed by atoms with Crippen LogP contribution in [0.4, 0.5) is 5.69 Å². The van der Waals surface area contributed by atoms with Gasteiger partial charge in [0, 0.05) is 19.1 Å². The summed E-state index contributed by atoms with van der Waals surface area (Å²) in [4.78, 5) is 22.0. The number of ketones is 1. The number of Topliss-reactive ketones (excluding diaryl/α,β-unsaturated/α-hetero) is 1. The van der Waals surface area contributed by atoms with E-state index in [9.17, 15) is 14.9 Å². The minimum absolute atomic E-state index is 0.0142. The van der Waals surface area contributed by atoms with E-state index < -0.39 is 17.1 Å². The van der Waals surface area contributed by atoms with Crippen LogP contribution < -0.4 is 4.74 Å². The lowest BCUT2D eigenvalue weighted by Gasteiger charge is -2.34. The Bertz CT molecular complexity index is 528. The second-order valence-corrected chi connectivity index (χ2v) is 4.80. The number of carbonyl (C=O) groups is 1. The molecule has 0 bridgehead atoms. The fraction of sp³-hybridized carbons (Fsp3) is 0.500. The minimum atomic E-state index is -0.603. The summed E-state index contributed by atoms with van der Waals surface area (Å²) in [6.45, 7) is 4.17. The number of nitro groups is 1. The zero-order chi connectivity index (χ0) is 14.7. The van der Waals surface area contributed by atoms with Crippen LogP contribution in [0.5, 0.6) is 5.75 Å². The molecule has 20 heavy (non-hydrogen) atoms. The second-order valence-electron chi connectivity index (χ2n) is 4.80. The maximum atomic E-state index is 11.5. The summed E-state index contributed by atoms with van der Waals surface area (Å²) in [6, 6.07) is 4.74.